The van der Waals surface area contributed by atoms with E-state index in [2.05, 4.69) is 31.3 Å². The van der Waals surface area contributed by atoms with E-state index in [4.69, 9.17) is 11.6 Å². The van der Waals surface area contributed by atoms with Crippen LogP contribution in [0.4, 0.5) is 11.4 Å². The molecule has 2 N–H and O–H groups in total. The highest BCUT2D eigenvalue weighted by Gasteiger charge is 2.19. The molecule has 0 fully saturated rings. The Labute approximate surface area is 181 Å². The number of nitro benzene ring substituents is 1. The topological polar surface area (TPSA) is 75.4 Å². The molecule has 0 saturated heterocycles. The SMILES string of the molecule is CC(C)c1ccc(C(CC(O)c2ccc(Cl)cc2)Nc2cccc([N+](=O)[O-])c2)cc1. The van der Waals surface area contributed by atoms with Gasteiger partial charge in [-0.3, -0.25) is 10.1 Å². The number of hydrogen-bond donors (Lipinski definition) is 2. The van der Waals surface area contributed by atoms with Crippen LogP contribution >= 0.6 is 11.6 Å². The average molecular weight is 425 g/mol. The zero-order valence-electron chi connectivity index (χ0n) is 17.0. The van der Waals surface area contributed by atoms with E-state index in [-0.39, 0.29) is 11.7 Å². The van der Waals surface area contributed by atoms with Crippen molar-refractivity contribution in [3.8, 4) is 0 Å². The van der Waals surface area contributed by atoms with Gasteiger partial charge in [0.25, 0.3) is 5.69 Å². The number of halogens is 1. The predicted octanol–water partition coefficient (Wildman–Crippen LogP) is 6.65. The number of aliphatic hydroxyl groups excluding tert-OH is 1. The van der Waals surface area contributed by atoms with Crippen molar-refractivity contribution < 1.29 is 10.0 Å². The summed E-state index contributed by atoms with van der Waals surface area (Å²) in [4.78, 5) is 10.7. The van der Waals surface area contributed by atoms with Gasteiger partial charge in [-0.05, 0) is 40.8 Å². The van der Waals surface area contributed by atoms with Crippen LogP contribution in [0, 0.1) is 10.1 Å². The second-order valence-corrected chi connectivity index (χ2v) is 8.07. The minimum Gasteiger partial charge on any atom is -0.388 e. The Balaban J connectivity index is 1.88. The van der Waals surface area contributed by atoms with Gasteiger partial charge in [0.15, 0.2) is 0 Å². The first-order chi connectivity index (χ1) is 14.3. The van der Waals surface area contributed by atoms with Crippen LogP contribution in [0.3, 0.4) is 0 Å². The predicted molar refractivity (Wildman–Crippen MR) is 121 cm³/mol. The number of aliphatic hydroxyl groups is 1. The fraction of sp³-hybridized carbons (Fsp3) is 0.250. The molecule has 0 bridgehead atoms. The molecule has 6 heteroatoms. The summed E-state index contributed by atoms with van der Waals surface area (Å²) in [5.41, 5.74) is 3.65. The zero-order valence-corrected chi connectivity index (χ0v) is 17.7. The first-order valence-electron chi connectivity index (χ1n) is 9.88. The average Bonchev–Trinajstić information content (AvgIpc) is 2.74. The maximum Gasteiger partial charge on any atom is 0.271 e. The van der Waals surface area contributed by atoms with Gasteiger partial charge in [-0.2, -0.15) is 0 Å². The zero-order chi connectivity index (χ0) is 21.7. The fourth-order valence-electron chi connectivity index (χ4n) is 3.35. The van der Waals surface area contributed by atoms with Crippen LogP contribution in [-0.4, -0.2) is 10.0 Å². The van der Waals surface area contributed by atoms with Crippen LogP contribution in [0.5, 0.6) is 0 Å². The summed E-state index contributed by atoms with van der Waals surface area (Å²) < 4.78 is 0. The number of nitrogens with zero attached hydrogens (tertiary/aromatic N) is 1. The molecule has 0 saturated carbocycles. The number of nitro groups is 1. The lowest BCUT2D eigenvalue weighted by Crippen LogP contribution is -2.15. The number of hydrogen-bond acceptors (Lipinski definition) is 4. The lowest BCUT2D eigenvalue weighted by molar-refractivity contribution is -0.384. The summed E-state index contributed by atoms with van der Waals surface area (Å²) in [7, 11) is 0. The maximum atomic E-state index is 11.1. The molecular weight excluding hydrogens is 400 g/mol. The van der Waals surface area contributed by atoms with Crippen LogP contribution in [-0.2, 0) is 0 Å². The molecule has 0 spiro atoms. The summed E-state index contributed by atoms with van der Waals surface area (Å²) >= 11 is 5.96. The van der Waals surface area contributed by atoms with Crippen molar-refractivity contribution in [1.82, 2.24) is 0 Å². The third-order valence-corrected chi connectivity index (χ3v) is 5.37. The molecule has 0 aliphatic rings. The van der Waals surface area contributed by atoms with Gasteiger partial charge in [-0.1, -0.05) is 67.9 Å². The second-order valence-electron chi connectivity index (χ2n) is 7.63. The molecule has 3 aromatic carbocycles. The molecule has 0 aromatic heterocycles. The van der Waals surface area contributed by atoms with Crippen LogP contribution in [0.15, 0.2) is 72.8 Å². The first kappa shape index (κ1) is 21.8. The maximum absolute atomic E-state index is 11.1. The van der Waals surface area contributed by atoms with E-state index in [1.165, 1.54) is 17.7 Å². The number of non-ortho nitro benzene ring substituents is 1. The van der Waals surface area contributed by atoms with Crippen LogP contribution in [0.1, 0.15) is 55.0 Å². The summed E-state index contributed by atoms with van der Waals surface area (Å²) in [6.07, 6.45) is -0.325. The quantitative estimate of drug-likeness (QED) is 0.313. The van der Waals surface area contributed by atoms with Crippen molar-refractivity contribution in [1.29, 1.82) is 0 Å². The molecule has 0 aliphatic carbocycles. The van der Waals surface area contributed by atoms with Crippen LogP contribution in [0.25, 0.3) is 0 Å². The Morgan fingerprint density at radius 3 is 2.17 bits per heavy atom. The highest BCUT2D eigenvalue weighted by molar-refractivity contribution is 6.30. The molecule has 2 unspecified atom stereocenters. The van der Waals surface area contributed by atoms with Crippen molar-refractivity contribution in [3.05, 3.63) is 105 Å². The van der Waals surface area contributed by atoms with Gasteiger partial charge in [0.2, 0.25) is 0 Å². The molecule has 2 atom stereocenters. The van der Waals surface area contributed by atoms with Crippen molar-refractivity contribution >= 4 is 23.0 Å². The van der Waals surface area contributed by atoms with Crippen molar-refractivity contribution in [3.63, 3.8) is 0 Å². The molecule has 0 heterocycles. The van der Waals surface area contributed by atoms with Crippen molar-refractivity contribution in [2.24, 2.45) is 0 Å². The number of nitrogens with one attached hydrogen (secondary N) is 1. The van der Waals surface area contributed by atoms with Gasteiger partial charge in [0, 0.05) is 29.3 Å². The Morgan fingerprint density at radius 1 is 0.967 bits per heavy atom. The van der Waals surface area contributed by atoms with Crippen molar-refractivity contribution in [2.45, 2.75) is 38.3 Å². The van der Waals surface area contributed by atoms with E-state index in [1.54, 1.807) is 36.4 Å². The molecule has 30 heavy (non-hydrogen) atoms. The van der Waals surface area contributed by atoms with Crippen LogP contribution < -0.4 is 5.32 Å². The van der Waals surface area contributed by atoms with E-state index >= 15 is 0 Å². The minimum absolute atomic E-state index is 0.0205. The van der Waals surface area contributed by atoms with Gasteiger partial charge < -0.3 is 10.4 Å². The van der Waals surface area contributed by atoms with E-state index in [1.807, 2.05) is 12.1 Å². The lowest BCUT2D eigenvalue weighted by Gasteiger charge is -2.24. The monoisotopic (exact) mass is 424 g/mol. The highest BCUT2D eigenvalue weighted by Crippen LogP contribution is 2.32. The van der Waals surface area contributed by atoms with Gasteiger partial charge in [0.1, 0.15) is 0 Å². The highest BCUT2D eigenvalue weighted by atomic mass is 35.5. The molecule has 156 valence electrons. The second kappa shape index (κ2) is 9.74. The third-order valence-electron chi connectivity index (χ3n) is 5.12. The molecule has 5 nitrogen and oxygen atoms in total. The molecule has 0 amide bonds. The molecule has 0 aliphatic heterocycles. The van der Waals surface area contributed by atoms with Crippen LogP contribution in [0.2, 0.25) is 5.02 Å². The Morgan fingerprint density at radius 2 is 1.57 bits per heavy atom. The van der Waals surface area contributed by atoms with E-state index in [0.717, 1.165) is 11.1 Å². The number of benzene rings is 3. The molecule has 3 aromatic rings. The first-order valence-corrected chi connectivity index (χ1v) is 10.3. The lowest BCUT2D eigenvalue weighted by atomic mass is 9.94. The number of anilines is 1. The summed E-state index contributed by atoms with van der Waals surface area (Å²) in [6, 6.07) is 21.5. The van der Waals surface area contributed by atoms with Gasteiger partial charge in [-0.25, -0.2) is 0 Å². The van der Waals surface area contributed by atoms with Gasteiger partial charge in [-0.15, -0.1) is 0 Å². The molecular formula is C24H25ClN2O3. The smallest absolute Gasteiger partial charge is 0.271 e. The van der Waals surface area contributed by atoms with Gasteiger partial charge >= 0.3 is 0 Å². The Hall–Kier alpha value is -2.89. The summed E-state index contributed by atoms with van der Waals surface area (Å²) in [6.45, 7) is 4.27. The summed E-state index contributed by atoms with van der Waals surface area (Å²) in [5, 5.41) is 25.9. The van der Waals surface area contributed by atoms with Gasteiger partial charge in [0.05, 0.1) is 17.1 Å². The van der Waals surface area contributed by atoms with E-state index in [9.17, 15) is 15.2 Å². The summed E-state index contributed by atoms with van der Waals surface area (Å²) in [5.74, 6) is 0.418. The molecule has 0 radical (unpaired) electrons. The largest absolute Gasteiger partial charge is 0.388 e. The minimum atomic E-state index is -0.719. The van der Waals surface area contributed by atoms with E-state index < -0.39 is 11.0 Å². The Kier molecular flexibility index (Phi) is 7.08. The fourth-order valence-corrected chi connectivity index (χ4v) is 3.47. The Bertz CT molecular complexity index is 988. The number of rotatable bonds is 8. The normalized spacial score (nSPS) is 13.1. The third kappa shape index (κ3) is 5.59. The molecule has 3 rings (SSSR count). The van der Waals surface area contributed by atoms with E-state index in [0.29, 0.717) is 23.0 Å². The standard InChI is InChI=1S/C24H25ClN2O3/c1-16(2)17-6-8-18(9-7-17)23(15-24(28)19-10-12-20(25)13-11-19)26-21-4-3-5-22(14-21)27(29)30/h3-14,16,23-24,26,28H,15H2,1-2H3. The van der Waals surface area contributed by atoms with Crippen molar-refractivity contribution in [2.75, 3.05) is 5.32 Å².